The smallest absolute Gasteiger partial charge is 0.0107 e. The Morgan fingerprint density at radius 1 is 1.35 bits per heavy atom. The quantitative estimate of drug-likeness (QED) is 0.754. The molecule has 17 heavy (non-hydrogen) atoms. The molecule has 3 aliphatic carbocycles. The van der Waals surface area contributed by atoms with E-state index in [9.17, 15) is 0 Å². The van der Waals surface area contributed by atoms with E-state index >= 15 is 0 Å². The number of rotatable bonds is 3. The molecule has 2 fully saturated rings. The standard InChI is InChI=1S/C15H26N2/c1-15(2)13-4-3-12(14(15)11-13)5-8-17-9-6-16-7-10-17/h3,13-14,16H,4-11H2,1-2H3. The lowest BCUT2D eigenvalue weighted by atomic mass is 9.48. The van der Waals surface area contributed by atoms with Gasteiger partial charge in [0.1, 0.15) is 0 Å². The van der Waals surface area contributed by atoms with Crippen molar-refractivity contribution in [2.45, 2.75) is 33.1 Å². The van der Waals surface area contributed by atoms with Gasteiger partial charge in [-0.05, 0) is 36.5 Å². The molecule has 2 atom stereocenters. The molecule has 0 spiro atoms. The van der Waals surface area contributed by atoms with Crippen molar-refractivity contribution in [1.82, 2.24) is 10.2 Å². The Morgan fingerprint density at radius 3 is 2.76 bits per heavy atom. The molecule has 96 valence electrons. The highest BCUT2D eigenvalue weighted by molar-refractivity contribution is 5.23. The fourth-order valence-electron chi connectivity index (χ4n) is 3.98. The maximum Gasteiger partial charge on any atom is 0.0107 e. The van der Waals surface area contributed by atoms with E-state index in [0.717, 1.165) is 11.8 Å². The molecule has 2 nitrogen and oxygen atoms in total. The van der Waals surface area contributed by atoms with Gasteiger partial charge in [-0.3, -0.25) is 0 Å². The fraction of sp³-hybridized carbons (Fsp3) is 0.867. The molecule has 0 amide bonds. The molecular formula is C15H26N2. The monoisotopic (exact) mass is 234 g/mol. The molecule has 2 bridgehead atoms. The van der Waals surface area contributed by atoms with Gasteiger partial charge in [-0.2, -0.15) is 0 Å². The van der Waals surface area contributed by atoms with E-state index in [1.165, 1.54) is 52.0 Å². The van der Waals surface area contributed by atoms with Gasteiger partial charge in [0.15, 0.2) is 0 Å². The summed E-state index contributed by atoms with van der Waals surface area (Å²) in [5.41, 5.74) is 2.38. The van der Waals surface area contributed by atoms with E-state index in [-0.39, 0.29) is 0 Å². The van der Waals surface area contributed by atoms with Gasteiger partial charge in [-0.1, -0.05) is 25.5 Å². The lowest BCUT2D eigenvalue weighted by Crippen LogP contribution is -2.49. The number of hydrogen-bond acceptors (Lipinski definition) is 2. The minimum absolute atomic E-state index is 0.605. The molecule has 0 aromatic carbocycles. The molecule has 1 saturated carbocycles. The fourth-order valence-corrected chi connectivity index (χ4v) is 3.98. The average molecular weight is 234 g/mol. The first kappa shape index (κ1) is 11.7. The maximum absolute atomic E-state index is 3.43. The van der Waals surface area contributed by atoms with Crippen molar-refractivity contribution in [2.75, 3.05) is 32.7 Å². The minimum Gasteiger partial charge on any atom is -0.314 e. The van der Waals surface area contributed by atoms with Crippen LogP contribution in [0.1, 0.15) is 33.1 Å². The van der Waals surface area contributed by atoms with Crippen molar-refractivity contribution in [3.63, 3.8) is 0 Å². The third-order valence-electron chi connectivity index (χ3n) is 5.51. The number of allylic oxidation sites excluding steroid dienone is 1. The van der Waals surface area contributed by atoms with E-state index in [4.69, 9.17) is 0 Å². The lowest BCUT2D eigenvalue weighted by molar-refractivity contribution is -0.00903. The zero-order valence-electron chi connectivity index (χ0n) is 11.3. The van der Waals surface area contributed by atoms with Crippen molar-refractivity contribution >= 4 is 0 Å². The molecule has 1 aliphatic heterocycles. The number of fused-ring (bicyclic) bond motifs is 1. The predicted molar refractivity (Wildman–Crippen MR) is 72.0 cm³/mol. The minimum atomic E-state index is 0.605. The van der Waals surface area contributed by atoms with Crippen LogP contribution in [-0.2, 0) is 0 Å². The number of nitrogens with zero attached hydrogens (tertiary/aromatic N) is 1. The van der Waals surface area contributed by atoms with Crippen LogP contribution in [0.15, 0.2) is 11.6 Å². The number of hydrogen-bond donors (Lipinski definition) is 1. The van der Waals surface area contributed by atoms with Crippen molar-refractivity contribution in [3.05, 3.63) is 11.6 Å². The first-order chi connectivity index (χ1) is 8.18. The summed E-state index contributed by atoms with van der Waals surface area (Å²) in [6.45, 7) is 11.1. The summed E-state index contributed by atoms with van der Waals surface area (Å²) >= 11 is 0. The molecule has 4 aliphatic rings. The van der Waals surface area contributed by atoms with Gasteiger partial charge >= 0.3 is 0 Å². The zero-order chi connectivity index (χ0) is 11.9. The normalized spacial score (nSPS) is 36.2. The highest BCUT2D eigenvalue weighted by atomic mass is 15.2. The summed E-state index contributed by atoms with van der Waals surface area (Å²) in [6, 6.07) is 0. The van der Waals surface area contributed by atoms with Crippen molar-refractivity contribution < 1.29 is 0 Å². The van der Waals surface area contributed by atoms with E-state index in [0.29, 0.717) is 5.41 Å². The van der Waals surface area contributed by atoms with Crippen LogP contribution >= 0.6 is 0 Å². The van der Waals surface area contributed by atoms with Crippen LogP contribution in [0, 0.1) is 17.3 Å². The molecule has 2 unspecified atom stereocenters. The molecule has 0 radical (unpaired) electrons. The predicted octanol–water partition coefficient (Wildman–Crippen LogP) is 2.27. The third-order valence-corrected chi connectivity index (χ3v) is 5.51. The van der Waals surface area contributed by atoms with Crippen LogP contribution in [-0.4, -0.2) is 37.6 Å². The Labute approximate surface area is 105 Å². The first-order valence-corrected chi connectivity index (χ1v) is 7.30. The van der Waals surface area contributed by atoms with Gasteiger partial charge in [-0.15, -0.1) is 0 Å². The van der Waals surface area contributed by atoms with Crippen LogP contribution in [0.3, 0.4) is 0 Å². The van der Waals surface area contributed by atoms with Crippen LogP contribution in [0.4, 0.5) is 0 Å². The first-order valence-electron chi connectivity index (χ1n) is 7.30. The van der Waals surface area contributed by atoms with E-state index in [1.807, 2.05) is 0 Å². The molecule has 1 heterocycles. The number of piperazine rings is 1. The van der Waals surface area contributed by atoms with Gasteiger partial charge in [0.05, 0.1) is 0 Å². The lowest BCUT2D eigenvalue weighted by Gasteiger charge is -2.56. The van der Waals surface area contributed by atoms with Crippen LogP contribution in [0.5, 0.6) is 0 Å². The molecular weight excluding hydrogens is 208 g/mol. The average Bonchev–Trinajstić information content (AvgIpc) is 2.37. The van der Waals surface area contributed by atoms with Gasteiger partial charge in [0.2, 0.25) is 0 Å². The van der Waals surface area contributed by atoms with Crippen LogP contribution in [0.2, 0.25) is 0 Å². The second-order valence-electron chi connectivity index (χ2n) is 6.66. The van der Waals surface area contributed by atoms with Gasteiger partial charge in [0, 0.05) is 32.7 Å². The van der Waals surface area contributed by atoms with Crippen molar-refractivity contribution in [3.8, 4) is 0 Å². The van der Waals surface area contributed by atoms with Gasteiger partial charge < -0.3 is 10.2 Å². The molecule has 2 heteroatoms. The molecule has 0 aromatic rings. The Kier molecular flexibility index (Phi) is 3.04. The summed E-state index contributed by atoms with van der Waals surface area (Å²) in [6.07, 6.45) is 6.70. The molecule has 1 N–H and O–H groups in total. The molecule has 0 aromatic heterocycles. The second kappa shape index (κ2) is 4.40. The van der Waals surface area contributed by atoms with E-state index < -0.39 is 0 Å². The highest BCUT2D eigenvalue weighted by Crippen LogP contribution is 2.59. The zero-order valence-corrected chi connectivity index (χ0v) is 11.3. The summed E-state index contributed by atoms with van der Waals surface area (Å²) < 4.78 is 0. The Balaban J connectivity index is 1.54. The van der Waals surface area contributed by atoms with E-state index in [2.05, 4.69) is 30.1 Å². The van der Waals surface area contributed by atoms with Crippen molar-refractivity contribution in [2.24, 2.45) is 17.3 Å². The topological polar surface area (TPSA) is 15.3 Å². The maximum atomic E-state index is 3.43. The summed E-state index contributed by atoms with van der Waals surface area (Å²) in [4.78, 5) is 2.62. The van der Waals surface area contributed by atoms with Crippen LogP contribution in [0.25, 0.3) is 0 Å². The number of nitrogens with one attached hydrogen (secondary N) is 1. The summed E-state index contributed by atoms with van der Waals surface area (Å²) in [5.74, 6) is 1.89. The Hall–Kier alpha value is -0.340. The Bertz CT molecular complexity index is 313. The van der Waals surface area contributed by atoms with Gasteiger partial charge in [0.25, 0.3) is 0 Å². The molecule has 1 saturated heterocycles. The second-order valence-corrected chi connectivity index (χ2v) is 6.66. The highest BCUT2D eigenvalue weighted by Gasteiger charge is 2.50. The summed E-state index contributed by atoms with van der Waals surface area (Å²) in [7, 11) is 0. The third kappa shape index (κ3) is 2.06. The molecule has 4 rings (SSSR count). The SMILES string of the molecule is CC1(C)C2CC=C(CCN3CCNCC3)C1C2. The van der Waals surface area contributed by atoms with E-state index in [1.54, 1.807) is 5.57 Å². The van der Waals surface area contributed by atoms with Gasteiger partial charge in [-0.25, -0.2) is 0 Å². The largest absolute Gasteiger partial charge is 0.314 e. The van der Waals surface area contributed by atoms with Crippen LogP contribution < -0.4 is 5.32 Å². The Morgan fingerprint density at radius 2 is 2.12 bits per heavy atom. The van der Waals surface area contributed by atoms with Crippen molar-refractivity contribution in [1.29, 1.82) is 0 Å². The summed E-state index contributed by atoms with van der Waals surface area (Å²) in [5, 5.41) is 3.43.